The van der Waals surface area contributed by atoms with Crippen molar-refractivity contribution in [2.45, 2.75) is 27.1 Å². The van der Waals surface area contributed by atoms with E-state index in [1.807, 2.05) is 6.07 Å². The van der Waals surface area contributed by atoms with Crippen LogP contribution in [0.4, 0.5) is 13.2 Å². The van der Waals surface area contributed by atoms with E-state index in [0.717, 1.165) is 11.3 Å². The van der Waals surface area contributed by atoms with Gasteiger partial charge in [0, 0.05) is 0 Å². The van der Waals surface area contributed by atoms with Crippen molar-refractivity contribution in [1.82, 2.24) is 0 Å². The molecule has 15 heteroatoms. The Hall–Kier alpha value is -3.56. The number of ether oxygens (including phenoxy) is 1. The van der Waals surface area contributed by atoms with Crippen molar-refractivity contribution in [2.75, 3.05) is 13.4 Å². The molecule has 1 aromatic heterocycles. The zero-order valence-corrected chi connectivity index (χ0v) is 22.5. The third-order valence-corrected chi connectivity index (χ3v) is 9.30. The first-order chi connectivity index (χ1) is 17.6. The minimum absolute atomic E-state index is 0.0219. The highest BCUT2D eigenvalue weighted by molar-refractivity contribution is 8.01. The van der Waals surface area contributed by atoms with Crippen LogP contribution in [0, 0.1) is 12.3 Å². The van der Waals surface area contributed by atoms with Gasteiger partial charge in [0.25, 0.3) is 5.91 Å². The lowest BCUT2D eigenvalue weighted by atomic mass is 9.94. The maximum atomic E-state index is 13.8. The van der Waals surface area contributed by atoms with Gasteiger partial charge >= 0.3 is 12.1 Å². The molecular weight excluding hydrogens is 567 g/mol. The van der Waals surface area contributed by atoms with E-state index in [0.29, 0.717) is 25.8 Å². The van der Waals surface area contributed by atoms with Crippen molar-refractivity contribution >= 4 is 50.6 Å². The SMILES string of the molecule is COc1cc(C)c(-c2ccccc2)c(C(N)=O)c1S(=O)(=O)c1cc(C(=N)N)sc1SC.O=C(O)C(F)(F)F. The maximum Gasteiger partial charge on any atom is 0.490 e. The van der Waals surface area contributed by atoms with Crippen LogP contribution in [-0.4, -0.2) is 50.8 Å². The average Bonchev–Trinajstić information content (AvgIpc) is 3.29. The standard InChI is InChI=1S/C21H21N3O4S3.C2HF3O2/c1-11-9-13(28-2)18(17(20(24)25)16(11)12-7-5-4-6-8-12)31(26,27)15-10-14(19(22)23)30-21(15)29-3;3-2(4,5)1(6)7/h4-10H,1-3H3,(H3,22,23)(H2,24,25);(H,6,7). The van der Waals surface area contributed by atoms with Crippen molar-refractivity contribution < 1.29 is 41.0 Å². The van der Waals surface area contributed by atoms with Gasteiger partial charge in [0.05, 0.1) is 26.7 Å². The number of methoxy groups -OCH3 is 1. The minimum atomic E-state index is -5.08. The maximum absolute atomic E-state index is 13.8. The lowest BCUT2D eigenvalue weighted by Crippen LogP contribution is -2.21. The Morgan fingerprint density at radius 1 is 1.13 bits per heavy atom. The number of aliphatic carboxylic acids is 1. The Labute approximate surface area is 224 Å². The average molecular weight is 590 g/mol. The smallest absolute Gasteiger partial charge is 0.490 e. The summed E-state index contributed by atoms with van der Waals surface area (Å²) in [6, 6.07) is 11.9. The molecule has 0 saturated carbocycles. The van der Waals surface area contributed by atoms with Gasteiger partial charge < -0.3 is 21.3 Å². The van der Waals surface area contributed by atoms with Gasteiger partial charge in [0.1, 0.15) is 16.5 Å². The first-order valence-electron chi connectivity index (χ1n) is 10.2. The molecule has 1 heterocycles. The topological polar surface area (TPSA) is 174 Å². The number of carboxylic acids is 1. The van der Waals surface area contributed by atoms with Gasteiger partial charge in [-0.3, -0.25) is 10.2 Å². The van der Waals surface area contributed by atoms with Crippen molar-refractivity contribution in [2.24, 2.45) is 11.5 Å². The Balaban J connectivity index is 0.000000638. The summed E-state index contributed by atoms with van der Waals surface area (Å²) in [6.07, 6.45) is -3.36. The highest BCUT2D eigenvalue weighted by Gasteiger charge is 2.38. The predicted octanol–water partition coefficient (Wildman–Crippen LogP) is 4.30. The summed E-state index contributed by atoms with van der Waals surface area (Å²) in [5, 5.41) is 14.8. The molecule has 204 valence electrons. The number of halogens is 3. The van der Waals surface area contributed by atoms with Gasteiger partial charge in [-0.15, -0.1) is 23.1 Å². The lowest BCUT2D eigenvalue weighted by molar-refractivity contribution is -0.192. The summed E-state index contributed by atoms with van der Waals surface area (Å²) in [5.74, 6) is -3.86. The molecule has 2 aromatic carbocycles. The third kappa shape index (κ3) is 6.46. The van der Waals surface area contributed by atoms with Crippen LogP contribution in [0.25, 0.3) is 11.1 Å². The number of thiophene rings is 1. The molecule has 0 fully saturated rings. The van der Waals surface area contributed by atoms with Crippen LogP contribution in [0.5, 0.6) is 5.75 Å². The summed E-state index contributed by atoms with van der Waals surface area (Å²) in [4.78, 5) is 21.5. The van der Waals surface area contributed by atoms with Gasteiger partial charge in [-0.1, -0.05) is 30.3 Å². The van der Waals surface area contributed by atoms with Crippen molar-refractivity contribution in [1.29, 1.82) is 5.41 Å². The van der Waals surface area contributed by atoms with E-state index in [-0.39, 0.29) is 26.9 Å². The number of thioether (sulfide) groups is 1. The van der Waals surface area contributed by atoms with Gasteiger partial charge in [0.2, 0.25) is 9.84 Å². The Morgan fingerprint density at radius 3 is 2.11 bits per heavy atom. The van der Waals surface area contributed by atoms with Gasteiger partial charge in [0.15, 0.2) is 0 Å². The molecule has 1 amide bonds. The number of nitrogen functional groups attached to an aromatic ring is 1. The van der Waals surface area contributed by atoms with Crippen LogP contribution in [0.15, 0.2) is 56.5 Å². The Kier molecular flexibility index (Phi) is 9.58. The second kappa shape index (κ2) is 11.9. The van der Waals surface area contributed by atoms with Crippen molar-refractivity contribution in [3.63, 3.8) is 0 Å². The Bertz CT molecular complexity index is 1490. The van der Waals surface area contributed by atoms with Crippen LogP contribution in [0.1, 0.15) is 20.8 Å². The monoisotopic (exact) mass is 589 g/mol. The number of alkyl halides is 3. The molecule has 0 spiro atoms. The largest absolute Gasteiger partial charge is 0.495 e. The normalized spacial score (nSPS) is 11.3. The van der Waals surface area contributed by atoms with Crippen LogP contribution >= 0.6 is 23.1 Å². The quantitative estimate of drug-likeness (QED) is 0.179. The first-order valence-corrected chi connectivity index (χ1v) is 13.7. The number of primary amides is 1. The number of sulfone groups is 1. The zero-order chi connectivity index (χ0) is 29.0. The number of carboxylic acid groups (broad SMARTS) is 1. The highest BCUT2D eigenvalue weighted by atomic mass is 32.2. The fourth-order valence-corrected chi connectivity index (χ4v) is 7.54. The highest BCUT2D eigenvalue weighted by Crippen LogP contribution is 2.44. The zero-order valence-electron chi connectivity index (χ0n) is 20.0. The van der Waals surface area contributed by atoms with E-state index in [1.54, 1.807) is 43.5 Å². The summed E-state index contributed by atoms with van der Waals surface area (Å²) < 4.78 is 65.3. The van der Waals surface area contributed by atoms with Gasteiger partial charge in [-0.05, 0) is 42.0 Å². The number of amides is 1. The summed E-state index contributed by atoms with van der Waals surface area (Å²) >= 11 is 2.31. The number of benzene rings is 2. The molecule has 0 aliphatic rings. The molecule has 0 atom stereocenters. The van der Waals surface area contributed by atoms with Crippen LogP contribution < -0.4 is 16.2 Å². The third-order valence-electron chi connectivity index (χ3n) is 4.89. The van der Waals surface area contributed by atoms with Crippen LogP contribution in [0.2, 0.25) is 0 Å². The van der Waals surface area contributed by atoms with E-state index < -0.39 is 27.9 Å². The molecule has 0 bridgehead atoms. The molecule has 3 aromatic rings. The van der Waals surface area contributed by atoms with E-state index in [1.165, 1.54) is 24.9 Å². The summed E-state index contributed by atoms with van der Waals surface area (Å²) in [5.41, 5.74) is 12.9. The number of rotatable bonds is 7. The number of amidine groups is 1. The second-order valence-electron chi connectivity index (χ2n) is 7.39. The number of nitrogens with two attached hydrogens (primary N) is 2. The number of hydrogen-bond acceptors (Lipinski definition) is 8. The summed E-state index contributed by atoms with van der Waals surface area (Å²) in [7, 11) is -2.91. The number of carbonyl (C=O) groups excluding carboxylic acids is 1. The van der Waals surface area contributed by atoms with E-state index in [2.05, 4.69) is 0 Å². The molecule has 3 rings (SSSR count). The molecule has 0 aliphatic heterocycles. The number of carbonyl (C=O) groups is 2. The van der Waals surface area contributed by atoms with Gasteiger partial charge in [-0.25, -0.2) is 13.2 Å². The molecule has 38 heavy (non-hydrogen) atoms. The van der Waals surface area contributed by atoms with Crippen LogP contribution in [0.3, 0.4) is 0 Å². The fraction of sp³-hybridized carbons (Fsp3) is 0.174. The number of nitrogens with one attached hydrogen (secondary N) is 1. The number of hydrogen-bond donors (Lipinski definition) is 4. The van der Waals surface area contributed by atoms with Crippen LogP contribution in [-0.2, 0) is 14.6 Å². The molecule has 0 saturated heterocycles. The van der Waals surface area contributed by atoms with Crippen molar-refractivity contribution in [3.8, 4) is 16.9 Å². The molecule has 0 unspecified atom stereocenters. The van der Waals surface area contributed by atoms with E-state index in [9.17, 15) is 26.4 Å². The molecule has 6 N–H and O–H groups in total. The lowest BCUT2D eigenvalue weighted by Gasteiger charge is -2.19. The van der Waals surface area contributed by atoms with Crippen molar-refractivity contribution in [3.05, 3.63) is 58.5 Å². The second-order valence-corrected chi connectivity index (χ2v) is 11.4. The fourth-order valence-electron chi connectivity index (χ4n) is 3.33. The number of aryl methyl sites for hydroxylation is 1. The molecule has 0 radical (unpaired) electrons. The Morgan fingerprint density at radius 2 is 1.68 bits per heavy atom. The van der Waals surface area contributed by atoms with Gasteiger partial charge in [-0.2, -0.15) is 13.2 Å². The molecule has 0 aliphatic carbocycles. The molecular formula is C23H22F3N3O6S3. The van der Waals surface area contributed by atoms with E-state index in [4.69, 9.17) is 31.5 Å². The summed E-state index contributed by atoms with van der Waals surface area (Å²) in [6.45, 7) is 1.76. The predicted molar refractivity (Wildman–Crippen MR) is 138 cm³/mol. The van der Waals surface area contributed by atoms with E-state index >= 15 is 0 Å². The molecule has 9 nitrogen and oxygen atoms in total. The minimum Gasteiger partial charge on any atom is -0.495 e. The first kappa shape index (κ1) is 30.7.